The summed E-state index contributed by atoms with van der Waals surface area (Å²) in [7, 11) is 0. The first-order valence-corrected chi connectivity index (χ1v) is 6.07. The Morgan fingerprint density at radius 2 is 1.67 bits per heavy atom. The van der Waals surface area contributed by atoms with E-state index in [9.17, 15) is 0 Å². The first-order chi connectivity index (χ1) is 7.18. The van der Waals surface area contributed by atoms with Gasteiger partial charge in [0.15, 0.2) is 0 Å². The van der Waals surface area contributed by atoms with Crippen LogP contribution < -0.4 is 5.73 Å². The van der Waals surface area contributed by atoms with E-state index in [4.69, 9.17) is 5.73 Å². The highest BCUT2D eigenvalue weighted by atomic mass is 14.8. The summed E-state index contributed by atoms with van der Waals surface area (Å²) in [4.78, 5) is 0. The summed E-state index contributed by atoms with van der Waals surface area (Å²) in [6, 6.07) is 6.68. The lowest BCUT2D eigenvalue weighted by molar-refractivity contribution is 0.662. The second-order valence-electron chi connectivity index (χ2n) is 4.80. The van der Waals surface area contributed by atoms with Gasteiger partial charge in [-0.1, -0.05) is 32.0 Å². The lowest BCUT2D eigenvalue weighted by atomic mass is 9.92. The molecule has 0 saturated heterocycles. The summed E-state index contributed by atoms with van der Waals surface area (Å²) < 4.78 is 0. The van der Waals surface area contributed by atoms with Gasteiger partial charge in [0.2, 0.25) is 0 Å². The largest absolute Gasteiger partial charge is 0.325 e. The molecule has 1 saturated carbocycles. The molecule has 0 atom stereocenters. The van der Waals surface area contributed by atoms with Crippen LogP contribution in [-0.2, 0) is 19.3 Å². The molecule has 1 nitrogen and oxygen atoms in total. The van der Waals surface area contributed by atoms with Gasteiger partial charge in [-0.05, 0) is 48.8 Å². The molecule has 0 amide bonds. The fraction of sp³-hybridized carbons (Fsp3) is 0.571. The molecule has 2 N–H and O–H groups in total. The van der Waals surface area contributed by atoms with Crippen LogP contribution in [0.15, 0.2) is 18.2 Å². The van der Waals surface area contributed by atoms with Crippen molar-refractivity contribution >= 4 is 0 Å². The van der Waals surface area contributed by atoms with Crippen LogP contribution in [-0.4, -0.2) is 5.54 Å². The molecule has 0 aromatic heterocycles. The molecule has 1 aliphatic carbocycles. The van der Waals surface area contributed by atoms with Gasteiger partial charge in [0.1, 0.15) is 0 Å². The molecule has 1 aromatic rings. The predicted molar refractivity (Wildman–Crippen MR) is 65.1 cm³/mol. The predicted octanol–water partition coefficient (Wildman–Crippen LogP) is 2.85. The van der Waals surface area contributed by atoms with Crippen LogP contribution in [0.1, 0.15) is 43.4 Å². The van der Waals surface area contributed by atoms with Gasteiger partial charge in [0.25, 0.3) is 0 Å². The molecule has 1 heteroatoms. The Bertz CT molecular complexity index is 328. The van der Waals surface area contributed by atoms with Gasteiger partial charge >= 0.3 is 0 Å². The molecule has 0 unspecified atom stereocenters. The highest BCUT2D eigenvalue weighted by Crippen LogP contribution is 2.37. The minimum Gasteiger partial charge on any atom is -0.325 e. The third kappa shape index (κ3) is 2.23. The summed E-state index contributed by atoms with van der Waals surface area (Å²) in [5.74, 6) is 0. The van der Waals surface area contributed by atoms with Crippen molar-refractivity contribution < 1.29 is 0 Å². The SMILES string of the molecule is CCc1cccc(CC)c1CC1(N)CC1. The zero-order chi connectivity index (χ0) is 10.9. The minimum absolute atomic E-state index is 0.134. The van der Waals surface area contributed by atoms with Gasteiger partial charge in [0, 0.05) is 5.54 Å². The van der Waals surface area contributed by atoms with Crippen molar-refractivity contribution in [3.05, 3.63) is 34.9 Å². The first-order valence-electron chi connectivity index (χ1n) is 6.07. The normalized spacial score (nSPS) is 17.8. The van der Waals surface area contributed by atoms with Crippen LogP contribution in [0.2, 0.25) is 0 Å². The Morgan fingerprint density at radius 3 is 2.07 bits per heavy atom. The molecule has 15 heavy (non-hydrogen) atoms. The molecule has 0 radical (unpaired) electrons. The second-order valence-corrected chi connectivity index (χ2v) is 4.80. The van der Waals surface area contributed by atoms with E-state index >= 15 is 0 Å². The van der Waals surface area contributed by atoms with Crippen molar-refractivity contribution in [2.75, 3.05) is 0 Å². The zero-order valence-corrected chi connectivity index (χ0v) is 9.84. The molecule has 0 bridgehead atoms. The molecular formula is C14H21N. The van der Waals surface area contributed by atoms with Crippen molar-refractivity contribution in [1.29, 1.82) is 0 Å². The molecule has 0 aliphatic heterocycles. The van der Waals surface area contributed by atoms with Crippen LogP contribution in [0, 0.1) is 0 Å². The summed E-state index contributed by atoms with van der Waals surface area (Å²) in [6.07, 6.45) is 5.74. The fourth-order valence-corrected chi connectivity index (χ4v) is 2.27. The van der Waals surface area contributed by atoms with Crippen molar-refractivity contribution in [2.24, 2.45) is 5.73 Å². The van der Waals surface area contributed by atoms with E-state index in [0.717, 1.165) is 19.3 Å². The highest BCUT2D eigenvalue weighted by Gasteiger charge is 2.38. The van der Waals surface area contributed by atoms with E-state index < -0.39 is 0 Å². The van der Waals surface area contributed by atoms with Crippen molar-refractivity contribution in [3.8, 4) is 0 Å². The Labute approximate surface area is 92.7 Å². The van der Waals surface area contributed by atoms with Gasteiger partial charge in [-0.2, -0.15) is 0 Å². The van der Waals surface area contributed by atoms with Gasteiger partial charge in [-0.25, -0.2) is 0 Å². The number of benzene rings is 1. The Kier molecular flexibility index (Phi) is 2.83. The maximum atomic E-state index is 6.23. The maximum Gasteiger partial charge on any atom is 0.0196 e. The molecule has 1 fully saturated rings. The molecular weight excluding hydrogens is 182 g/mol. The van der Waals surface area contributed by atoms with E-state index in [0.29, 0.717) is 0 Å². The number of hydrogen-bond donors (Lipinski definition) is 1. The smallest absolute Gasteiger partial charge is 0.0196 e. The van der Waals surface area contributed by atoms with Crippen molar-refractivity contribution in [3.63, 3.8) is 0 Å². The Balaban J connectivity index is 2.32. The van der Waals surface area contributed by atoms with Crippen LogP contribution in [0.25, 0.3) is 0 Å². The Morgan fingerprint density at radius 1 is 1.13 bits per heavy atom. The molecule has 1 aliphatic rings. The summed E-state index contributed by atoms with van der Waals surface area (Å²) in [5, 5.41) is 0. The number of rotatable bonds is 4. The van der Waals surface area contributed by atoms with Crippen LogP contribution >= 0.6 is 0 Å². The monoisotopic (exact) mass is 203 g/mol. The van der Waals surface area contributed by atoms with Gasteiger partial charge in [-0.3, -0.25) is 0 Å². The highest BCUT2D eigenvalue weighted by molar-refractivity contribution is 5.37. The molecule has 1 aromatic carbocycles. The van der Waals surface area contributed by atoms with Crippen LogP contribution in [0.4, 0.5) is 0 Å². The minimum atomic E-state index is 0.134. The van der Waals surface area contributed by atoms with Crippen LogP contribution in [0.3, 0.4) is 0 Å². The lowest BCUT2D eigenvalue weighted by Gasteiger charge is -2.16. The third-order valence-electron chi connectivity index (χ3n) is 3.55. The number of aryl methyl sites for hydroxylation is 2. The van der Waals surface area contributed by atoms with E-state index in [1.165, 1.54) is 29.5 Å². The number of nitrogens with two attached hydrogens (primary N) is 1. The van der Waals surface area contributed by atoms with E-state index in [-0.39, 0.29) is 5.54 Å². The van der Waals surface area contributed by atoms with Crippen molar-refractivity contribution in [2.45, 2.75) is 51.5 Å². The van der Waals surface area contributed by atoms with Gasteiger partial charge in [0.05, 0.1) is 0 Å². The summed E-state index contributed by atoms with van der Waals surface area (Å²) in [6.45, 7) is 4.46. The second kappa shape index (κ2) is 3.97. The topological polar surface area (TPSA) is 26.0 Å². The van der Waals surface area contributed by atoms with Gasteiger partial charge in [-0.15, -0.1) is 0 Å². The third-order valence-corrected chi connectivity index (χ3v) is 3.55. The quantitative estimate of drug-likeness (QED) is 0.800. The standard InChI is InChI=1S/C14H21N/c1-3-11-6-5-7-12(4-2)13(11)10-14(15)8-9-14/h5-7H,3-4,8-10,15H2,1-2H3. The van der Waals surface area contributed by atoms with Crippen molar-refractivity contribution in [1.82, 2.24) is 0 Å². The molecule has 82 valence electrons. The molecule has 2 rings (SSSR count). The Hall–Kier alpha value is -0.820. The summed E-state index contributed by atoms with van der Waals surface area (Å²) >= 11 is 0. The first kappa shape index (κ1) is 10.7. The van der Waals surface area contributed by atoms with E-state index in [1.54, 1.807) is 0 Å². The van der Waals surface area contributed by atoms with E-state index in [1.807, 2.05) is 0 Å². The van der Waals surface area contributed by atoms with Gasteiger partial charge < -0.3 is 5.73 Å². The molecule has 0 heterocycles. The lowest BCUT2D eigenvalue weighted by Crippen LogP contribution is -2.25. The van der Waals surface area contributed by atoms with Crippen LogP contribution in [0.5, 0.6) is 0 Å². The van der Waals surface area contributed by atoms with E-state index in [2.05, 4.69) is 32.0 Å². The average molecular weight is 203 g/mol. The average Bonchev–Trinajstić information content (AvgIpc) is 2.96. The number of hydrogen-bond acceptors (Lipinski definition) is 1. The zero-order valence-electron chi connectivity index (χ0n) is 9.84. The maximum absolute atomic E-state index is 6.23. The summed E-state index contributed by atoms with van der Waals surface area (Å²) in [5.41, 5.74) is 10.9. The molecule has 0 spiro atoms. The fourth-order valence-electron chi connectivity index (χ4n) is 2.27.